The molecule has 1 aliphatic rings. The van der Waals surface area contributed by atoms with Gasteiger partial charge in [-0.1, -0.05) is 0 Å². The third-order valence-corrected chi connectivity index (χ3v) is 4.10. The highest BCUT2D eigenvalue weighted by Gasteiger charge is 2.24. The summed E-state index contributed by atoms with van der Waals surface area (Å²) in [5.41, 5.74) is -0.460. The van der Waals surface area contributed by atoms with Gasteiger partial charge in [0.25, 0.3) is 0 Å². The van der Waals surface area contributed by atoms with Crippen molar-refractivity contribution in [3.8, 4) is 0 Å². The van der Waals surface area contributed by atoms with Gasteiger partial charge in [-0.2, -0.15) is 0 Å². The van der Waals surface area contributed by atoms with Crippen molar-refractivity contribution in [2.75, 3.05) is 13.1 Å². The Labute approximate surface area is 101 Å². The molecule has 1 unspecified atom stereocenters. The summed E-state index contributed by atoms with van der Waals surface area (Å²) in [6.07, 6.45) is 4.86. The highest BCUT2D eigenvalue weighted by molar-refractivity contribution is 7.11. The van der Waals surface area contributed by atoms with Crippen LogP contribution in [0.15, 0.2) is 6.20 Å². The van der Waals surface area contributed by atoms with Gasteiger partial charge in [-0.25, -0.2) is 4.98 Å². The molecular formula is C12H20N2OS. The molecule has 1 N–H and O–H groups in total. The van der Waals surface area contributed by atoms with Gasteiger partial charge in [-0.15, -0.1) is 11.3 Å². The van der Waals surface area contributed by atoms with Crippen molar-refractivity contribution in [2.24, 2.45) is 0 Å². The molecule has 16 heavy (non-hydrogen) atoms. The van der Waals surface area contributed by atoms with Gasteiger partial charge in [0.1, 0.15) is 0 Å². The molecule has 0 radical (unpaired) electrons. The normalized spacial score (nSPS) is 27.9. The Morgan fingerprint density at radius 2 is 2.31 bits per heavy atom. The molecule has 2 rings (SSSR count). The topological polar surface area (TPSA) is 36.4 Å². The number of hydrogen-bond acceptors (Lipinski definition) is 4. The van der Waals surface area contributed by atoms with Gasteiger partial charge in [0.05, 0.1) is 10.6 Å². The lowest BCUT2D eigenvalue weighted by molar-refractivity contribution is 0.0444. The number of likely N-dealkylation sites (tertiary alicyclic amines) is 1. The van der Waals surface area contributed by atoms with Crippen LogP contribution in [0.2, 0.25) is 0 Å². The number of nitrogens with zero attached hydrogens (tertiary/aromatic N) is 2. The Morgan fingerprint density at radius 1 is 1.50 bits per heavy atom. The maximum absolute atomic E-state index is 10.0. The number of hydrogen-bond donors (Lipinski definition) is 1. The molecule has 1 aliphatic heterocycles. The van der Waals surface area contributed by atoms with Gasteiger partial charge >= 0.3 is 0 Å². The van der Waals surface area contributed by atoms with Crippen LogP contribution in [0.3, 0.4) is 0 Å². The van der Waals surface area contributed by atoms with Crippen molar-refractivity contribution in [3.05, 3.63) is 16.1 Å². The highest BCUT2D eigenvalue weighted by Crippen LogP contribution is 2.23. The Bertz CT molecular complexity index is 349. The van der Waals surface area contributed by atoms with Crippen molar-refractivity contribution < 1.29 is 5.11 Å². The molecule has 0 bridgehead atoms. The molecular weight excluding hydrogens is 220 g/mol. The average Bonchev–Trinajstić information content (AvgIpc) is 2.52. The second-order valence-corrected chi connectivity index (χ2v) is 6.29. The van der Waals surface area contributed by atoms with Gasteiger partial charge in [-0.3, -0.25) is 4.90 Å². The lowest BCUT2D eigenvalue weighted by atomic mass is 9.98. The third-order valence-electron chi connectivity index (χ3n) is 3.20. The van der Waals surface area contributed by atoms with Crippen LogP contribution in [-0.2, 0) is 6.54 Å². The van der Waals surface area contributed by atoms with E-state index in [-0.39, 0.29) is 0 Å². The molecule has 2 heterocycles. The fourth-order valence-corrected chi connectivity index (χ4v) is 3.01. The van der Waals surface area contributed by atoms with Crippen LogP contribution in [0.25, 0.3) is 0 Å². The van der Waals surface area contributed by atoms with Gasteiger partial charge in [0.15, 0.2) is 0 Å². The molecule has 1 atom stereocenters. The van der Waals surface area contributed by atoms with E-state index in [1.807, 2.05) is 20.0 Å². The molecule has 1 aromatic rings. The van der Waals surface area contributed by atoms with E-state index in [0.29, 0.717) is 0 Å². The summed E-state index contributed by atoms with van der Waals surface area (Å²) in [6, 6.07) is 0. The first kappa shape index (κ1) is 12.0. The molecule has 0 aromatic carbocycles. The summed E-state index contributed by atoms with van der Waals surface area (Å²) in [4.78, 5) is 8.03. The molecule has 1 saturated heterocycles. The van der Waals surface area contributed by atoms with Crippen molar-refractivity contribution in [1.29, 1.82) is 0 Å². The lowest BCUT2D eigenvalue weighted by Gasteiger charge is -2.21. The first-order valence-electron chi connectivity index (χ1n) is 5.91. The first-order chi connectivity index (χ1) is 7.55. The van der Waals surface area contributed by atoms with Crippen LogP contribution >= 0.6 is 11.3 Å². The smallest absolute Gasteiger partial charge is 0.0897 e. The van der Waals surface area contributed by atoms with E-state index in [1.54, 1.807) is 11.3 Å². The van der Waals surface area contributed by atoms with Crippen molar-refractivity contribution >= 4 is 11.3 Å². The van der Waals surface area contributed by atoms with Crippen LogP contribution in [0.5, 0.6) is 0 Å². The maximum atomic E-state index is 10.0. The molecule has 0 aliphatic carbocycles. The quantitative estimate of drug-likeness (QED) is 0.861. The van der Waals surface area contributed by atoms with Gasteiger partial charge in [0.2, 0.25) is 0 Å². The van der Waals surface area contributed by atoms with Gasteiger partial charge in [-0.05, 0) is 39.7 Å². The molecule has 3 nitrogen and oxygen atoms in total. The molecule has 1 fully saturated rings. The van der Waals surface area contributed by atoms with Crippen molar-refractivity contribution in [1.82, 2.24) is 9.88 Å². The monoisotopic (exact) mass is 240 g/mol. The van der Waals surface area contributed by atoms with Gasteiger partial charge < -0.3 is 5.11 Å². The van der Waals surface area contributed by atoms with Crippen LogP contribution in [0.4, 0.5) is 0 Å². The SMILES string of the molecule is Cc1ncc(CN2CCCC(C)(O)CC2)s1. The van der Waals surface area contributed by atoms with E-state index in [2.05, 4.69) is 9.88 Å². The number of aryl methyl sites for hydroxylation is 1. The summed E-state index contributed by atoms with van der Waals surface area (Å²) in [6.45, 7) is 7.06. The fraction of sp³-hybridized carbons (Fsp3) is 0.750. The summed E-state index contributed by atoms with van der Waals surface area (Å²) in [5, 5.41) is 11.1. The molecule has 90 valence electrons. The van der Waals surface area contributed by atoms with E-state index in [0.717, 1.165) is 43.9 Å². The maximum Gasteiger partial charge on any atom is 0.0897 e. The Morgan fingerprint density at radius 3 is 3.00 bits per heavy atom. The second kappa shape index (κ2) is 4.82. The molecule has 0 amide bonds. The molecule has 1 aromatic heterocycles. The van der Waals surface area contributed by atoms with E-state index in [1.165, 1.54) is 4.88 Å². The summed E-state index contributed by atoms with van der Waals surface area (Å²) in [7, 11) is 0. The lowest BCUT2D eigenvalue weighted by Crippen LogP contribution is -2.27. The Kier molecular flexibility index (Phi) is 3.62. The number of rotatable bonds is 2. The van der Waals surface area contributed by atoms with Gasteiger partial charge in [0, 0.05) is 24.2 Å². The minimum atomic E-state index is -0.460. The summed E-state index contributed by atoms with van der Waals surface area (Å²) < 4.78 is 0. The predicted octanol–water partition coefficient (Wildman–Crippen LogP) is 2.19. The average molecular weight is 240 g/mol. The van der Waals surface area contributed by atoms with Crippen LogP contribution in [0.1, 0.15) is 36.1 Å². The number of aliphatic hydroxyl groups is 1. The zero-order valence-electron chi connectivity index (χ0n) is 10.1. The summed E-state index contributed by atoms with van der Waals surface area (Å²) >= 11 is 1.77. The highest BCUT2D eigenvalue weighted by atomic mass is 32.1. The standard InChI is InChI=1S/C12H20N2OS/c1-10-13-8-11(16-10)9-14-6-3-4-12(2,15)5-7-14/h8,15H,3-7,9H2,1-2H3. The van der Waals surface area contributed by atoms with Crippen molar-refractivity contribution in [3.63, 3.8) is 0 Å². The van der Waals surface area contributed by atoms with E-state index >= 15 is 0 Å². The molecule has 0 spiro atoms. The first-order valence-corrected chi connectivity index (χ1v) is 6.73. The Hall–Kier alpha value is -0.450. The zero-order chi connectivity index (χ0) is 11.6. The van der Waals surface area contributed by atoms with E-state index < -0.39 is 5.60 Å². The van der Waals surface area contributed by atoms with E-state index in [4.69, 9.17) is 0 Å². The summed E-state index contributed by atoms with van der Waals surface area (Å²) in [5.74, 6) is 0. The number of aromatic nitrogens is 1. The third kappa shape index (κ3) is 3.27. The van der Waals surface area contributed by atoms with E-state index in [9.17, 15) is 5.11 Å². The Balaban J connectivity index is 1.91. The van der Waals surface area contributed by atoms with Crippen LogP contribution in [-0.4, -0.2) is 33.7 Å². The molecule has 4 heteroatoms. The number of thiazole rings is 1. The minimum Gasteiger partial charge on any atom is -0.390 e. The largest absolute Gasteiger partial charge is 0.390 e. The predicted molar refractivity (Wildman–Crippen MR) is 66.6 cm³/mol. The molecule has 0 saturated carbocycles. The minimum absolute atomic E-state index is 0.460. The second-order valence-electron chi connectivity index (χ2n) is 4.97. The van der Waals surface area contributed by atoms with Crippen LogP contribution < -0.4 is 0 Å². The fourth-order valence-electron chi connectivity index (χ4n) is 2.18. The van der Waals surface area contributed by atoms with Crippen LogP contribution in [0, 0.1) is 6.92 Å². The zero-order valence-corrected chi connectivity index (χ0v) is 10.9. The van der Waals surface area contributed by atoms with Crippen molar-refractivity contribution in [2.45, 2.75) is 45.3 Å².